The van der Waals surface area contributed by atoms with E-state index in [1.807, 2.05) is 19.1 Å². The molecule has 0 radical (unpaired) electrons. The van der Waals surface area contributed by atoms with Crippen molar-refractivity contribution < 1.29 is 73.1 Å². The van der Waals surface area contributed by atoms with Gasteiger partial charge in [-0.2, -0.15) is 0 Å². The highest BCUT2D eigenvalue weighted by Crippen LogP contribution is 2.46. The molecule has 324 valence electrons. The second-order valence-corrected chi connectivity index (χ2v) is 16.0. The van der Waals surface area contributed by atoms with Gasteiger partial charge >= 0.3 is 18.3 Å². The van der Waals surface area contributed by atoms with Crippen LogP contribution in [0.1, 0.15) is 37.3 Å². The zero-order chi connectivity index (χ0) is 42.0. The molecule has 0 spiro atoms. The first-order valence-corrected chi connectivity index (χ1v) is 19.9. The zero-order valence-electron chi connectivity index (χ0n) is 32.7. The van der Waals surface area contributed by atoms with Crippen LogP contribution in [0.4, 0.5) is 14.4 Å². The minimum absolute atomic E-state index is 0.0332. The molecule has 2 aromatic rings. The van der Waals surface area contributed by atoms with Crippen LogP contribution in [-0.2, 0) is 46.4 Å². The van der Waals surface area contributed by atoms with E-state index in [0.29, 0.717) is 12.8 Å². The molecule has 3 saturated heterocycles. The van der Waals surface area contributed by atoms with Gasteiger partial charge in [0.2, 0.25) is 0 Å². The Morgan fingerprint density at radius 2 is 1.39 bits per heavy atom. The third-order valence-electron chi connectivity index (χ3n) is 12.0. The van der Waals surface area contributed by atoms with Crippen molar-refractivity contribution in [2.24, 2.45) is 17.6 Å². The van der Waals surface area contributed by atoms with Crippen LogP contribution in [0.3, 0.4) is 0 Å². The number of aliphatic hydroxyl groups excluding tert-OH is 5. The molecule has 7 rings (SSSR count). The van der Waals surface area contributed by atoms with Gasteiger partial charge in [0.1, 0.15) is 62.0 Å². The Morgan fingerprint density at radius 3 is 2.00 bits per heavy atom. The topological polar surface area (TPSA) is 270 Å². The highest BCUT2D eigenvalue weighted by atomic mass is 16.7. The van der Waals surface area contributed by atoms with Crippen LogP contribution < -0.4 is 16.4 Å². The molecule has 17 atom stereocenters. The number of aliphatic hydroxyl groups is 5. The van der Waals surface area contributed by atoms with Gasteiger partial charge in [0.05, 0.1) is 30.8 Å². The van der Waals surface area contributed by atoms with Crippen LogP contribution >= 0.6 is 0 Å². The van der Waals surface area contributed by atoms with Crippen molar-refractivity contribution in [3.05, 3.63) is 71.8 Å². The summed E-state index contributed by atoms with van der Waals surface area (Å²) in [6.07, 6.45) is -14.8. The van der Waals surface area contributed by atoms with Gasteiger partial charge in [0.15, 0.2) is 18.7 Å². The Kier molecular flexibility index (Phi) is 13.6. The summed E-state index contributed by atoms with van der Waals surface area (Å²) in [6, 6.07) is 14.2. The van der Waals surface area contributed by atoms with Gasteiger partial charge in [-0.1, -0.05) is 67.6 Å². The molecular weight excluding hydrogens is 776 g/mol. The first-order valence-electron chi connectivity index (χ1n) is 19.9. The van der Waals surface area contributed by atoms with E-state index in [1.54, 1.807) is 48.5 Å². The molecule has 19 nitrogen and oxygen atoms in total. The van der Waals surface area contributed by atoms with E-state index in [2.05, 4.69) is 10.6 Å². The van der Waals surface area contributed by atoms with Gasteiger partial charge < -0.3 is 80.0 Å². The number of rotatable bonds is 11. The van der Waals surface area contributed by atoms with Crippen molar-refractivity contribution >= 4 is 18.3 Å². The summed E-state index contributed by atoms with van der Waals surface area (Å²) in [5, 5.41) is 59.4. The number of hydrogen-bond acceptors (Lipinski definition) is 16. The van der Waals surface area contributed by atoms with E-state index in [1.165, 1.54) is 11.9 Å². The fraction of sp³-hybridized carbons (Fsp3) is 0.625. The number of carbonyl (C=O) groups is 3. The number of ether oxygens (including phenoxy) is 7. The second kappa shape index (κ2) is 18.6. The minimum atomic E-state index is -1.64. The molecule has 9 unspecified atom stereocenters. The smallest absolute Gasteiger partial charge is 0.410 e. The van der Waals surface area contributed by atoms with Crippen molar-refractivity contribution in [3.63, 3.8) is 0 Å². The van der Waals surface area contributed by atoms with E-state index in [9.17, 15) is 39.9 Å². The molecule has 5 aliphatic rings. The first-order chi connectivity index (χ1) is 28.3. The zero-order valence-corrected chi connectivity index (χ0v) is 32.7. The van der Waals surface area contributed by atoms with Crippen LogP contribution in [0.25, 0.3) is 0 Å². The molecule has 19 heteroatoms. The van der Waals surface area contributed by atoms with Crippen LogP contribution in [0.15, 0.2) is 60.7 Å². The molecule has 59 heavy (non-hydrogen) atoms. The van der Waals surface area contributed by atoms with Crippen LogP contribution in [0.5, 0.6) is 0 Å². The summed E-state index contributed by atoms with van der Waals surface area (Å²) >= 11 is 0. The number of likely N-dealkylation sites (N-methyl/N-ethyl adjacent to an activating group) is 1. The summed E-state index contributed by atoms with van der Waals surface area (Å²) in [5.41, 5.74) is 7.42. The third kappa shape index (κ3) is 9.44. The third-order valence-corrected chi connectivity index (χ3v) is 12.0. The maximum atomic E-state index is 13.2. The summed E-state index contributed by atoms with van der Waals surface area (Å²) in [7, 11) is 1.54. The molecule has 0 aromatic heterocycles. The lowest BCUT2D eigenvalue weighted by Gasteiger charge is -2.51. The van der Waals surface area contributed by atoms with E-state index in [0.717, 1.165) is 11.1 Å². The summed E-state index contributed by atoms with van der Waals surface area (Å²) in [6.45, 7) is 1.27. The largest absolute Gasteiger partial charge is 0.445 e. The van der Waals surface area contributed by atoms with Crippen molar-refractivity contribution in [3.8, 4) is 0 Å². The first kappa shape index (κ1) is 43.0. The molecule has 3 aliphatic heterocycles. The fourth-order valence-corrected chi connectivity index (χ4v) is 8.84. The number of nitrogens with zero attached hydrogens (tertiary/aromatic N) is 1. The lowest BCUT2D eigenvalue weighted by Crippen LogP contribution is -2.67. The van der Waals surface area contributed by atoms with E-state index in [4.69, 9.17) is 38.9 Å². The standard InChI is InChI=1S/C40H54N4O15/c1-19-13-22-14-25(55-37-32(49)30(47)27(41)26(16-45)56-37)28-35(59-40(52)44(28)2)33(22)57-36(19)58-34-24(43-39(51)54-18-21-11-7-4-8-12-21)15-23(29(46)31(34)48)42-38(50)53-17-20-9-5-3-6-10-20/h3-12,19,22-37,45-49H,13-18,41H2,1-2H3,(H,42,50)(H,43,51)/t19?,22-,23-,24?,25?,26?,27-,28?,29?,30+,31-,32?,33?,34-,35?,36-,37+/m1/s1. The molecule has 3 amide bonds. The summed E-state index contributed by atoms with van der Waals surface area (Å²) < 4.78 is 41.7. The molecule has 5 fully saturated rings. The van der Waals surface area contributed by atoms with E-state index < -0.39 is 117 Å². The van der Waals surface area contributed by atoms with E-state index >= 15 is 0 Å². The Balaban J connectivity index is 1.05. The van der Waals surface area contributed by atoms with Crippen molar-refractivity contribution in [2.75, 3.05) is 13.7 Å². The SMILES string of the molecule is CC1C[C@@H]2CC(O[C@H]3OC(CO)[C@@H](N)[C@H](O)C3O)C3C(OC(=O)N3C)C2O[C@@H]1O[C@@H]1C(NC(=O)OCc2ccccc2)C[C@@H](NC(=O)OCc2ccccc2)C(O)[C@H]1O. The number of benzene rings is 2. The monoisotopic (exact) mass is 830 g/mol. The molecule has 2 aromatic carbocycles. The quantitative estimate of drug-likeness (QED) is 0.137. The summed E-state index contributed by atoms with van der Waals surface area (Å²) in [5.74, 6) is -0.617. The minimum Gasteiger partial charge on any atom is -0.445 e. The average molecular weight is 831 g/mol. The maximum absolute atomic E-state index is 13.2. The summed E-state index contributed by atoms with van der Waals surface area (Å²) in [4.78, 5) is 40.4. The van der Waals surface area contributed by atoms with Gasteiger partial charge in [-0.3, -0.25) is 0 Å². The molecule has 3 heterocycles. The maximum Gasteiger partial charge on any atom is 0.410 e. The number of fused-ring (bicyclic) bond motifs is 3. The van der Waals surface area contributed by atoms with Gasteiger partial charge in [-0.15, -0.1) is 0 Å². The molecule has 2 aliphatic carbocycles. The highest BCUT2D eigenvalue weighted by molar-refractivity contribution is 5.71. The van der Waals surface area contributed by atoms with Crippen molar-refractivity contribution in [1.82, 2.24) is 15.5 Å². The number of alkyl carbamates (subject to hydrolysis) is 2. The Bertz CT molecular complexity index is 1730. The lowest BCUT2D eigenvalue weighted by atomic mass is 9.73. The molecular formula is C40H54N4O15. The number of nitrogens with one attached hydrogen (secondary N) is 2. The number of amides is 3. The Labute approximate surface area is 340 Å². The van der Waals surface area contributed by atoms with Crippen molar-refractivity contribution in [1.29, 1.82) is 0 Å². The normalized spacial score (nSPS) is 39.3. The van der Waals surface area contributed by atoms with Gasteiger partial charge in [-0.05, 0) is 36.3 Å². The van der Waals surface area contributed by atoms with Crippen LogP contribution in [-0.4, -0.2) is 154 Å². The molecule has 0 bridgehead atoms. The van der Waals surface area contributed by atoms with E-state index in [-0.39, 0.29) is 31.5 Å². The second-order valence-electron chi connectivity index (χ2n) is 16.0. The predicted octanol–water partition coefficient (Wildman–Crippen LogP) is -0.171. The Morgan fingerprint density at radius 1 is 0.780 bits per heavy atom. The van der Waals surface area contributed by atoms with Gasteiger partial charge in [0, 0.05) is 13.0 Å². The molecule has 9 N–H and O–H groups in total. The number of hydrogen-bond donors (Lipinski definition) is 8. The fourth-order valence-electron chi connectivity index (χ4n) is 8.84. The van der Waals surface area contributed by atoms with Crippen LogP contribution in [0.2, 0.25) is 0 Å². The van der Waals surface area contributed by atoms with Crippen molar-refractivity contribution in [2.45, 2.75) is 131 Å². The Hall–Kier alpha value is -4.15. The predicted molar refractivity (Wildman–Crippen MR) is 202 cm³/mol. The number of nitrogens with two attached hydrogens (primary N) is 1. The lowest BCUT2D eigenvalue weighted by molar-refractivity contribution is -0.319. The number of carbonyl (C=O) groups excluding carboxylic acids is 3. The average Bonchev–Trinajstić information content (AvgIpc) is 3.54. The van der Waals surface area contributed by atoms with Gasteiger partial charge in [0.25, 0.3) is 0 Å². The van der Waals surface area contributed by atoms with Crippen LogP contribution in [0, 0.1) is 11.8 Å². The molecule has 2 saturated carbocycles. The highest BCUT2D eigenvalue weighted by Gasteiger charge is 2.59. The van der Waals surface area contributed by atoms with Gasteiger partial charge in [-0.25, -0.2) is 14.4 Å².